The first kappa shape index (κ1) is 19.3. The number of aryl methyl sites for hydroxylation is 1. The third-order valence-corrected chi connectivity index (χ3v) is 5.36. The minimum atomic E-state index is 0.140. The molecule has 1 saturated heterocycles. The molecule has 0 saturated carbocycles. The minimum Gasteiger partial charge on any atom is -0.356 e. The smallest absolute Gasteiger partial charge is 0.225 e. The molecule has 3 rings (SSSR count). The molecule has 1 amide bonds. The third-order valence-electron chi connectivity index (χ3n) is 5.36. The SMILES string of the molecule is CCCCN(C)C(=O)C1CCN(c2cc(-c3cccc(C)c3)ncn2)CC1. The van der Waals surface area contributed by atoms with Crippen molar-refractivity contribution < 1.29 is 4.79 Å². The molecule has 1 aromatic heterocycles. The lowest BCUT2D eigenvalue weighted by Crippen LogP contribution is -2.41. The lowest BCUT2D eigenvalue weighted by molar-refractivity contribution is -0.134. The van der Waals surface area contributed by atoms with Gasteiger partial charge < -0.3 is 9.80 Å². The summed E-state index contributed by atoms with van der Waals surface area (Å²) >= 11 is 0. The molecule has 1 aromatic carbocycles. The van der Waals surface area contributed by atoms with Gasteiger partial charge in [0.05, 0.1) is 5.69 Å². The maximum absolute atomic E-state index is 12.6. The first-order valence-electron chi connectivity index (χ1n) is 9.97. The second kappa shape index (κ2) is 8.98. The summed E-state index contributed by atoms with van der Waals surface area (Å²) < 4.78 is 0. The van der Waals surface area contributed by atoms with Gasteiger partial charge in [0, 0.05) is 44.2 Å². The van der Waals surface area contributed by atoms with Crippen molar-refractivity contribution in [1.82, 2.24) is 14.9 Å². The molecule has 0 spiro atoms. The van der Waals surface area contributed by atoms with Crippen molar-refractivity contribution in [2.24, 2.45) is 5.92 Å². The molecule has 0 aliphatic carbocycles. The van der Waals surface area contributed by atoms with Crippen molar-refractivity contribution in [1.29, 1.82) is 0 Å². The summed E-state index contributed by atoms with van der Waals surface area (Å²) in [6.07, 6.45) is 5.61. The molecule has 1 aliphatic heterocycles. The molecule has 0 bridgehead atoms. The quantitative estimate of drug-likeness (QED) is 0.777. The summed E-state index contributed by atoms with van der Waals surface area (Å²) in [6, 6.07) is 10.4. The first-order valence-corrected chi connectivity index (χ1v) is 9.97. The van der Waals surface area contributed by atoms with Gasteiger partial charge in [-0.2, -0.15) is 0 Å². The van der Waals surface area contributed by atoms with E-state index in [0.29, 0.717) is 5.91 Å². The van der Waals surface area contributed by atoms with Crippen molar-refractivity contribution in [3.05, 3.63) is 42.2 Å². The zero-order chi connectivity index (χ0) is 19.2. The molecule has 5 nitrogen and oxygen atoms in total. The zero-order valence-electron chi connectivity index (χ0n) is 16.7. The number of nitrogens with zero attached hydrogens (tertiary/aromatic N) is 4. The lowest BCUT2D eigenvalue weighted by atomic mass is 9.95. The van der Waals surface area contributed by atoms with Crippen LogP contribution in [0.25, 0.3) is 11.3 Å². The Balaban J connectivity index is 1.63. The van der Waals surface area contributed by atoms with E-state index in [-0.39, 0.29) is 5.92 Å². The molecule has 144 valence electrons. The average molecular weight is 367 g/mol. The largest absolute Gasteiger partial charge is 0.356 e. The highest BCUT2D eigenvalue weighted by Gasteiger charge is 2.27. The van der Waals surface area contributed by atoms with Gasteiger partial charge in [-0.25, -0.2) is 9.97 Å². The van der Waals surface area contributed by atoms with Crippen LogP contribution in [-0.2, 0) is 4.79 Å². The summed E-state index contributed by atoms with van der Waals surface area (Å²) in [7, 11) is 1.93. The molecule has 0 radical (unpaired) electrons. The average Bonchev–Trinajstić information content (AvgIpc) is 2.71. The van der Waals surface area contributed by atoms with Gasteiger partial charge in [-0.05, 0) is 32.3 Å². The van der Waals surface area contributed by atoms with Crippen molar-refractivity contribution in [3.8, 4) is 11.3 Å². The summed E-state index contributed by atoms with van der Waals surface area (Å²) in [4.78, 5) is 25.7. The third kappa shape index (κ3) is 4.85. The number of hydrogen-bond donors (Lipinski definition) is 0. The van der Waals surface area contributed by atoms with Crippen LogP contribution in [0.1, 0.15) is 38.2 Å². The fourth-order valence-corrected chi connectivity index (χ4v) is 3.65. The molecule has 0 N–H and O–H groups in total. The van der Waals surface area contributed by atoms with Crippen molar-refractivity contribution in [2.75, 3.05) is 31.6 Å². The standard InChI is InChI=1S/C22H30N4O/c1-4-5-11-25(3)22(27)18-9-12-26(13-10-18)21-15-20(23-16-24-21)19-8-6-7-17(2)14-19/h6-8,14-16,18H,4-5,9-13H2,1-3H3. The lowest BCUT2D eigenvalue weighted by Gasteiger charge is -2.34. The van der Waals surface area contributed by atoms with Gasteiger partial charge in [0.2, 0.25) is 5.91 Å². The van der Waals surface area contributed by atoms with E-state index in [1.54, 1.807) is 6.33 Å². The van der Waals surface area contributed by atoms with E-state index in [1.807, 2.05) is 11.9 Å². The maximum atomic E-state index is 12.6. The molecule has 1 aliphatic rings. The predicted molar refractivity (Wildman–Crippen MR) is 110 cm³/mol. The van der Waals surface area contributed by atoms with Crippen LogP contribution in [0, 0.1) is 12.8 Å². The number of carbonyl (C=O) groups is 1. The number of anilines is 1. The minimum absolute atomic E-state index is 0.140. The van der Waals surface area contributed by atoms with E-state index in [9.17, 15) is 4.79 Å². The van der Waals surface area contributed by atoms with Gasteiger partial charge in [-0.1, -0.05) is 37.1 Å². The van der Waals surface area contributed by atoms with Crippen LogP contribution in [0.2, 0.25) is 0 Å². The van der Waals surface area contributed by atoms with Crippen molar-refractivity contribution in [3.63, 3.8) is 0 Å². The molecular weight excluding hydrogens is 336 g/mol. The van der Waals surface area contributed by atoms with Crippen molar-refractivity contribution >= 4 is 11.7 Å². The van der Waals surface area contributed by atoms with Crippen LogP contribution in [0.5, 0.6) is 0 Å². The number of amides is 1. The Labute approximate surface area is 162 Å². The van der Waals surface area contributed by atoms with Crippen LogP contribution in [0.4, 0.5) is 5.82 Å². The van der Waals surface area contributed by atoms with E-state index in [2.05, 4.69) is 59.0 Å². The topological polar surface area (TPSA) is 49.3 Å². The fraction of sp³-hybridized carbons (Fsp3) is 0.500. The highest BCUT2D eigenvalue weighted by molar-refractivity contribution is 5.79. The van der Waals surface area contributed by atoms with Crippen molar-refractivity contribution in [2.45, 2.75) is 39.5 Å². The number of carbonyl (C=O) groups excluding carboxylic acids is 1. The number of hydrogen-bond acceptors (Lipinski definition) is 4. The summed E-state index contributed by atoms with van der Waals surface area (Å²) in [5, 5.41) is 0. The van der Waals surface area contributed by atoms with E-state index in [1.165, 1.54) is 5.56 Å². The molecule has 2 heterocycles. The van der Waals surface area contributed by atoms with Gasteiger partial charge in [0.1, 0.15) is 12.1 Å². The van der Waals surface area contributed by atoms with E-state index >= 15 is 0 Å². The highest BCUT2D eigenvalue weighted by atomic mass is 16.2. The Morgan fingerprint density at radius 1 is 1.22 bits per heavy atom. The summed E-state index contributed by atoms with van der Waals surface area (Å²) in [6.45, 7) is 6.83. The number of unbranched alkanes of at least 4 members (excludes halogenated alkanes) is 1. The highest BCUT2D eigenvalue weighted by Crippen LogP contribution is 2.26. The Morgan fingerprint density at radius 3 is 2.70 bits per heavy atom. The van der Waals surface area contributed by atoms with Gasteiger partial charge in [0.25, 0.3) is 0 Å². The molecular formula is C22H30N4O. The molecule has 2 aromatic rings. The number of piperidine rings is 1. The first-order chi connectivity index (χ1) is 13.1. The molecule has 0 atom stereocenters. The predicted octanol–water partition coefficient (Wildman–Crippen LogP) is 3.93. The number of rotatable bonds is 6. The van der Waals surface area contributed by atoms with Gasteiger partial charge in [-0.3, -0.25) is 4.79 Å². The van der Waals surface area contributed by atoms with E-state index < -0.39 is 0 Å². The molecule has 27 heavy (non-hydrogen) atoms. The van der Waals surface area contributed by atoms with E-state index in [0.717, 1.165) is 62.4 Å². The Bertz CT molecular complexity index is 768. The van der Waals surface area contributed by atoms with E-state index in [4.69, 9.17) is 0 Å². The zero-order valence-corrected chi connectivity index (χ0v) is 16.7. The second-order valence-corrected chi connectivity index (χ2v) is 7.51. The number of aromatic nitrogens is 2. The Hall–Kier alpha value is -2.43. The molecule has 0 unspecified atom stereocenters. The van der Waals surface area contributed by atoms with Gasteiger partial charge >= 0.3 is 0 Å². The maximum Gasteiger partial charge on any atom is 0.225 e. The Morgan fingerprint density at radius 2 is 2.00 bits per heavy atom. The molecule has 1 fully saturated rings. The van der Waals surface area contributed by atoms with Crippen LogP contribution in [0.3, 0.4) is 0 Å². The normalized spacial score (nSPS) is 15.0. The van der Waals surface area contributed by atoms with Crippen LogP contribution in [-0.4, -0.2) is 47.5 Å². The number of benzene rings is 1. The van der Waals surface area contributed by atoms with Gasteiger partial charge in [-0.15, -0.1) is 0 Å². The van der Waals surface area contributed by atoms with Crippen LogP contribution in [0.15, 0.2) is 36.7 Å². The fourth-order valence-electron chi connectivity index (χ4n) is 3.65. The van der Waals surface area contributed by atoms with Crippen LogP contribution < -0.4 is 4.90 Å². The monoisotopic (exact) mass is 366 g/mol. The van der Waals surface area contributed by atoms with Gasteiger partial charge in [0.15, 0.2) is 0 Å². The van der Waals surface area contributed by atoms with Crippen LogP contribution >= 0.6 is 0 Å². The molecule has 5 heteroatoms. The Kier molecular flexibility index (Phi) is 6.43. The summed E-state index contributed by atoms with van der Waals surface area (Å²) in [5.74, 6) is 1.39. The second-order valence-electron chi connectivity index (χ2n) is 7.51. The summed E-state index contributed by atoms with van der Waals surface area (Å²) in [5.41, 5.74) is 3.28.